The molecule has 2 N–H and O–H groups in total. The maximum atomic E-state index is 9.82. The minimum absolute atomic E-state index is 0.154. The minimum Gasteiger partial charge on any atom is -0.391 e. The second-order valence-electron chi connectivity index (χ2n) is 4.29. The second kappa shape index (κ2) is 5.00. The molecule has 0 aromatic heterocycles. The van der Waals surface area contributed by atoms with Crippen LogP contribution < -0.4 is 5.32 Å². The van der Waals surface area contributed by atoms with Crippen LogP contribution in [0.5, 0.6) is 0 Å². The molecule has 0 bridgehead atoms. The number of aliphatic hydroxyl groups excluding tert-OH is 1. The van der Waals surface area contributed by atoms with Crippen LogP contribution in [-0.2, 0) is 0 Å². The normalized spacial score (nSPS) is 24.8. The average Bonchev–Trinajstić information content (AvgIpc) is 2.33. The summed E-state index contributed by atoms with van der Waals surface area (Å²) in [6, 6.07) is 9.60. The maximum absolute atomic E-state index is 9.82. The predicted molar refractivity (Wildman–Crippen MR) is 63.0 cm³/mol. The first-order valence-corrected chi connectivity index (χ1v) is 5.74. The molecule has 0 saturated heterocycles. The third-order valence-corrected chi connectivity index (χ3v) is 3.10. The number of hydrogen-bond donors (Lipinski definition) is 2. The summed E-state index contributed by atoms with van der Waals surface area (Å²) in [4.78, 5) is 0. The molecule has 0 radical (unpaired) electrons. The first kappa shape index (κ1) is 11.0. The van der Waals surface area contributed by atoms with Gasteiger partial charge in [-0.05, 0) is 37.1 Å². The van der Waals surface area contributed by atoms with Gasteiger partial charge >= 0.3 is 0 Å². The summed E-state index contributed by atoms with van der Waals surface area (Å²) in [6.45, 7) is 0. The van der Waals surface area contributed by atoms with E-state index in [0.717, 1.165) is 24.9 Å². The maximum Gasteiger partial charge on any atom is 0.0991 e. The van der Waals surface area contributed by atoms with Gasteiger partial charge in [0.2, 0.25) is 0 Å². The number of nitriles is 1. The minimum atomic E-state index is -0.246. The number of rotatable bonds is 2. The topological polar surface area (TPSA) is 56.0 Å². The van der Waals surface area contributed by atoms with Crippen LogP contribution in [0.15, 0.2) is 24.3 Å². The highest BCUT2D eigenvalue weighted by Gasteiger charge is 2.22. The molecule has 3 heteroatoms. The van der Waals surface area contributed by atoms with Crippen molar-refractivity contribution in [3.63, 3.8) is 0 Å². The zero-order chi connectivity index (χ0) is 11.4. The largest absolute Gasteiger partial charge is 0.391 e. The van der Waals surface area contributed by atoms with Gasteiger partial charge in [0.05, 0.1) is 23.8 Å². The lowest BCUT2D eigenvalue weighted by molar-refractivity contribution is 0.116. The number of nitrogens with zero attached hydrogens (tertiary/aromatic N) is 1. The first-order valence-electron chi connectivity index (χ1n) is 5.74. The van der Waals surface area contributed by atoms with Gasteiger partial charge in [-0.15, -0.1) is 0 Å². The summed E-state index contributed by atoms with van der Waals surface area (Å²) in [5.74, 6) is 0. The van der Waals surface area contributed by atoms with Gasteiger partial charge in [0, 0.05) is 5.69 Å². The second-order valence-corrected chi connectivity index (χ2v) is 4.29. The van der Waals surface area contributed by atoms with Crippen molar-refractivity contribution in [1.29, 1.82) is 5.26 Å². The van der Waals surface area contributed by atoms with Crippen LogP contribution >= 0.6 is 0 Å². The van der Waals surface area contributed by atoms with E-state index in [2.05, 4.69) is 11.4 Å². The molecule has 0 amide bonds. The van der Waals surface area contributed by atoms with Gasteiger partial charge in [0.1, 0.15) is 0 Å². The van der Waals surface area contributed by atoms with Crippen LogP contribution in [-0.4, -0.2) is 17.3 Å². The van der Waals surface area contributed by atoms with Crippen LogP contribution in [0.25, 0.3) is 0 Å². The fourth-order valence-corrected chi connectivity index (χ4v) is 2.13. The van der Waals surface area contributed by atoms with Crippen LogP contribution in [0.4, 0.5) is 5.69 Å². The quantitative estimate of drug-likeness (QED) is 0.797. The Balaban J connectivity index is 2.00. The number of hydrogen-bond acceptors (Lipinski definition) is 3. The van der Waals surface area contributed by atoms with Crippen molar-refractivity contribution in [2.24, 2.45) is 0 Å². The van der Waals surface area contributed by atoms with Crippen molar-refractivity contribution < 1.29 is 5.11 Å². The monoisotopic (exact) mass is 216 g/mol. The SMILES string of the molecule is N#Cc1ccc(N[C@H]2CCCC[C@@H]2O)cc1. The molecule has 1 fully saturated rings. The molecule has 2 atom stereocenters. The van der Waals surface area contributed by atoms with Crippen molar-refractivity contribution in [3.05, 3.63) is 29.8 Å². The Morgan fingerprint density at radius 2 is 1.88 bits per heavy atom. The Bertz CT molecular complexity index is 380. The molecule has 84 valence electrons. The summed E-state index contributed by atoms with van der Waals surface area (Å²) in [5, 5.41) is 21.8. The third-order valence-electron chi connectivity index (χ3n) is 3.10. The van der Waals surface area contributed by atoms with E-state index in [1.54, 1.807) is 12.1 Å². The molecule has 2 rings (SSSR count). The lowest BCUT2D eigenvalue weighted by Gasteiger charge is -2.29. The van der Waals surface area contributed by atoms with E-state index in [1.807, 2.05) is 12.1 Å². The lowest BCUT2D eigenvalue weighted by Crippen LogP contribution is -2.36. The van der Waals surface area contributed by atoms with E-state index >= 15 is 0 Å². The van der Waals surface area contributed by atoms with Gasteiger partial charge in [0.15, 0.2) is 0 Å². The Morgan fingerprint density at radius 3 is 2.50 bits per heavy atom. The molecule has 0 spiro atoms. The summed E-state index contributed by atoms with van der Waals surface area (Å²) in [5.41, 5.74) is 1.64. The Labute approximate surface area is 95.7 Å². The highest BCUT2D eigenvalue weighted by molar-refractivity contribution is 5.48. The molecule has 1 aliphatic rings. The Hall–Kier alpha value is -1.53. The van der Waals surface area contributed by atoms with Crippen LogP contribution in [0.3, 0.4) is 0 Å². The molecule has 1 aliphatic carbocycles. The molecule has 16 heavy (non-hydrogen) atoms. The van der Waals surface area contributed by atoms with Gasteiger partial charge in [-0.25, -0.2) is 0 Å². The van der Waals surface area contributed by atoms with Crippen molar-refractivity contribution >= 4 is 5.69 Å². The number of nitrogens with one attached hydrogen (secondary N) is 1. The highest BCUT2D eigenvalue weighted by atomic mass is 16.3. The van der Waals surface area contributed by atoms with Gasteiger partial charge in [-0.1, -0.05) is 12.8 Å². The van der Waals surface area contributed by atoms with Gasteiger partial charge in [0.25, 0.3) is 0 Å². The van der Waals surface area contributed by atoms with Crippen LogP contribution in [0.2, 0.25) is 0 Å². The van der Waals surface area contributed by atoms with E-state index in [-0.39, 0.29) is 12.1 Å². The van der Waals surface area contributed by atoms with E-state index in [0.29, 0.717) is 5.56 Å². The lowest BCUT2D eigenvalue weighted by atomic mass is 9.92. The molecular formula is C13H16N2O. The first-order chi connectivity index (χ1) is 7.79. The van der Waals surface area contributed by atoms with Crippen molar-refractivity contribution in [1.82, 2.24) is 0 Å². The van der Waals surface area contributed by atoms with Crippen molar-refractivity contribution in [2.75, 3.05) is 5.32 Å². The predicted octanol–water partition coefficient (Wildman–Crippen LogP) is 2.27. The molecule has 1 aromatic rings. The van der Waals surface area contributed by atoms with E-state index in [1.165, 1.54) is 6.42 Å². The van der Waals surface area contributed by atoms with Crippen molar-refractivity contribution in [3.8, 4) is 6.07 Å². The zero-order valence-electron chi connectivity index (χ0n) is 9.19. The van der Waals surface area contributed by atoms with Gasteiger partial charge in [-0.3, -0.25) is 0 Å². The smallest absolute Gasteiger partial charge is 0.0991 e. The fraction of sp³-hybridized carbons (Fsp3) is 0.462. The molecule has 0 heterocycles. The summed E-state index contributed by atoms with van der Waals surface area (Å²) in [6.07, 6.45) is 3.94. The summed E-state index contributed by atoms with van der Waals surface area (Å²) >= 11 is 0. The molecule has 0 aliphatic heterocycles. The number of anilines is 1. The molecule has 1 aromatic carbocycles. The average molecular weight is 216 g/mol. The summed E-state index contributed by atoms with van der Waals surface area (Å²) in [7, 11) is 0. The van der Waals surface area contributed by atoms with E-state index < -0.39 is 0 Å². The fourth-order valence-electron chi connectivity index (χ4n) is 2.13. The van der Waals surface area contributed by atoms with Gasteiger partial charge in [-0.2, -0.15) is 5.26 Å². The standard InChI is InChI=1S/C13H16N2O/c14-9-10-5-7-11(8-6-10)15-12-3-1-2-4-13(12)16/h5-8,12-13,15-16H,1-4H2/t12-,13-/m0/s1. The molecule has 0 unspecified atom stereocenters. The number of aliphatic hydroxyl groups is 1. The zero-order valence-corrected chi connectivity index (χ0v) is 9.19. The highest BCUT2D eigenvalue weighted by Crippen LogP contribution is 2.22. The van der Waals surface area contributed by atoms with E-state index in [4.69, 9.17) is 5.26 Å². The molecule has 3 nitrogen and oxygen atoms in total. The van der Waals surface area contributed by atoms with Crippen molar-refractivity contribution in [2.45, 2.75) is 37.8 Å². The van der Waals surface area contributed by atoms with Gasteiger partial charge < -0.3 is 10.4 Å². The summed E-state index contributed by atoms with van der Waals surface area (Å²) < 4.78 is 0. The Kier molecular flexibility index (Phi) is 3.43. The van der Waals surface area contributed by atoms with E-state index in [9.17, 15) is 5.11 Å². The molecule has 1 saturated carbocycles. The Morgan fingerprint density at radius 1 is 1.19 bits per heavy atom. The molecular weight excluding hydrogens is 200 g/mol. The number of benzene rings is 1. The van der Waals surface area contributed by atoms with Crippen LogP contribution in [0.1, 0.15) is 31.2 Å². The van der Waals surface area contributed by atoms with Crippen LogP contribution in [0, 0.1) is 11.3 Å². The third kappa shape index (κ3) is 2.53.